The summed E-state index contributed by atoms with van der Waals surface area (Å²) in [6.45, 7) is 4.06. The van der Waals surface area contributed by atoms with Gasteiger partial charge in [-0.3, -0.25) is 9.69 Å². The molecule has 1 N–H and O–H groups in total. The molecule has 0 aliphatic carbocycles. The minimum Gasteiger partial charge on any atom is -0.301 e. The number of hydrogen-bond donors (Lipinski definition) is 1. The van der Waals surface area contributed by atoms with Gasteiger partial charge in [0, 0.05) is 17.7 Å². The molecule has 1 aromatic carbocycles. The first-order chi connectivity index (χ1) is 11.2. The molecule has 1 atom stereocenters. The van der Waals surface area contributed by atoms with Gasteiger partial charge in [-0.2, -0.15) is 0 Å². The second-order valence-electron chi connectivity index (χ2n) is 5.77. The average Bonchev–Trinajstić information content (AvgIpc) is 2.90. The van der Waals surface area contributed by atoms with Crippen LogP contribution in [-0.2, 0) is 14.6 Å². The van der Waals surface area contributed by atoms with Gasteiger partial charge in [-0.25, -0.2) is 13.4 Å². The van der Waals surface area contributed by atoms with Crippen molar-refractivity contribution in [2.24, 2.45) is 0 Å². The summed E-state index contributed by atoms with van der Waals surface area (Å²) < 4.78 is 23.0. The minimum absolute atomic E-state index is 0.0256. The first-order valence-corrected chi connectivity index (χ1v) is 10.2. The van der Waals surface area contributed by atoms with Gasteiger partial charge in [-0.05, 0) is 38.6 Å². The fourth-order valence-electron chi connectivity index (χ4n) is 2.18. The highest BCUT2D eigenvalue weighted by Crippen LogP contribution is 2.21. The number of likely N-dealkylation sites (N-methyl/N-ethyl adjacent to an activating group) is 1. The van der Waals surface area contributed by atoms with Crippen molar-refractivity contribution in [3.05, 3.63) is 40.9 Å². The smallest absolute Gasteiger partial charge is 0.240 e. The van der Waals surface area contributed by atoms with Gasteiger partial charge in [-0.1, -0.05) is 12.1 Å². The Morgan fingerprint density at radius 2 is 1.96 bits per heavy atom. The number of aryl methyl sites for hydroxylation is 1. The van der Waals surface area contributed by atoms with E-state index in [1.165, 1.54) is 17.6 Å². The van der Waals surface area contributed by atoms with Crippen molar-refractivity contribution in [3.8, 4) is 0 Å². The van der Waals surface area contributed by atoms with E-state index in [2.05, 4.69) is 10.3 Å². The van der Waals surface area contributed by atoms with E-state index in [9.17, 15) is 13.2 Å². The number of sulfone groups is 1. The zero-order chi connectivity index (χ0) is 17.9. The van der Waals surface area contributed by atoms with Crippen LogP contribution >= 0.6 is 11.3 Å². The highest BCUT2D eigenvalue weighted by atomic mass is 32.2. The molecule has 1 aromatic heterocycles. The first-order valence-electron chi connectivity index (χ1n) is 7.39. The lowest BCUT2D eigenvalue weighted by Crippen LogP contribution is -2.32. The van der Waals surface area contributed by atoms with E-state index in [4.69, 9.17) is 0 Å². The first kappa shape index (κ1) is 18.6. The van der Waals surface area contributed by atoms with Crippen LogP contribution < -0.4 is 5.32 Å². The molecule has 0 spiro atoms. The second-order valence-corrected chi connectivity index (χ2v) is 8.65. The van der Waals surface area contributed by atoms with Crippen molar-refractivity contribution in [3.63, 3.8) is 0 Å². The number of amides is 1. The van der Waals surface area contributed by atoms with Crippen molar-refractivity contribution in [2.45, 2.75) is 24.8 Å². The topological polar surface area (TPSA) is 79.4 Å². The van der Waals surface area contributed by atoms with E-state index >= 15 is 0 Å². The van der Waals surface area contributed by atoms with Crippen molar-refractivity contribution in [1.82, 2.24) is 9.88 Å². The zero-order valence-corrected chi connectivity index (χ0v) is 15.7. The summed E-state index contributed by atoms with van der Waals surface area (Å²) >= 11 is 1.40. The summed E-state index contributed by atoms with van der Waals surface area (Å²) in [4.78, 5) is 18.5. The van der Waals surface area contributed by atoms with E-state index in [1.807, 2.05) is 31.2 Å². The van der Waals surface area contributed by atoms with E-state index < -0.39 is 9.84 Å². The number of carbonyl (C=O) groups is 1. The number of aromatic nitrogens is 1. The van der Waals surface area contributed by atoms with Crippen LogP contribution in [0.4, 0.5) is 5.13 Å². The lowest BCUT2D eigenvalue weighted by Gasteiger charge is -2.24. The number of nitrogens with zero attached hydrogens (tertiary/aromatic N) is 2. The molecule has 130 valence electrons. The van der Waals surface area contributed by atoms with Gasteiger partial charge in [0.2, 0.25) is 5.91 Å². The van der Waals surface area contributed by atoms with E-state index in [0.717, 1.165) is 11.3 Å². The van der Waals surface area contributed by atoms with Crippen LogP contribution in [-0.4, -0.2) is 44.1 Å². The third kappa shape index (κ3) is 4.86. The van der Waals surface area contributed by atoms with Gasteiger partial charge in [0.15, 0.2) is 15.0 Å². The Bertz CT molecular complexity index is 813. The maximum absolute atomic E-state index is 12.1. The largest absolute Gasteiger partial charge is 0.301 e. The molecule has 8 heteroatoms. The molecule has 0 saturated carbocycles. The standard InChI is InChI=1S/C16H21N3O3S2/c1-11-10-23-16(17-11)18-15(20)9-19(3)12(2)13-5-7-14(8-6-13)24(4,21)22/h5-8,10,12H,9H2,1-4H3,(H,17,18,20). The molecule has 0 saturated heterocycles. The molecule has 0 aliphatic heterocycles. The maximum atomic E-state index is 12.1. The molecule has 1 heterocycles. The summed E-state index contributed by atoms with van der Waals surface area (Å²) in [5.41, 5.74) is 1.82. The number of thiazole rings is 1. The van der Waals surface area contributed by atoms with E-state index in [-0.39, 0.29) is 23.4 Å². The molecule has 2 rings (SSSR count). The fourth-order valence-corrected chi connectivity index (χ4v) is 3.52. The Hall–Kier alpha value is -1.77. The molecular weight excluding hydrogens is 346 g/mol. The molecule has 0 bridgehead atoms. The van der Waals surface area contributed by atoms with Gasteiger partial charge in [0.05, 0.1) is 17.1 Å². The third-order valence-electron chi connectivity index (χ3n) is 3.71. The summed E-state index contributed by atoms with van der Waals surface area (Å²) in [5.74, 6) is -0.133. The number of anilines is 1. The summed E-state index contributed by atoms with van der Waals surface area (Å²) in [7, 11) is -1.35. The molecular formula is C16H21N3O3S2. The van der Waals surface area contributed by atoms with Gasteiger partial charge >= 0.3 is 0 Å². The van der Waals surface area contributed by atoms with E-state index in [1.54, 1.807) is 24.3 Å². The molecule has 6 nitrogen and oxygen atoms in total. The zero-order valence-electron chi connectivity index (χ0n) is 14.1. The Morgan fingerprint density at radius 1 is 1.33 bits per heavy atom. The van der Waals surface area contributed by atoms with Gasteiger partial charge < -0.3 is 5.32 Å². The number of carbonyl (C=O) groups excluding carboxylic acids is 1. The molecule has 1 unspecified atom stereocenters. The predicted molar refractivity (Wildman–Crippen MR) is 96.1 cm³/mol. The van der Waals surface area contributed by atoms with Crippen LogP contribution in [0.15, 0.2) is 34.5 Å². The van der Waals surface area contributed by atoms with Crippen molar-refractivity contribution in [1.29, 1.82) is 0 Å². The van der Waals surface area contributed by atoms with Gasteiger partial charge in [0.25, 0.3) is 0 Å². The lowest BCUT2D eigenvalue weighted by molar-refractivity contribution is -0.117. The SMILES string of the molecule is Cc1csc(NC(=O)CN(C)C(C)c2ccc(S(C)(=O)=O)cc2)n1. The van der Waals surface area contributed by atoms with Crippen LogP contribution in [0, 0.1) is 6.92 Å². The number of nitrogens with one attached hydrogen (secondary N) is 1. The quantitative estimate of drug-likeness (QED) is 0.848. The molecule has 24 heavy (non-hydrogen) atoms. The summed E-state index contributed by atoms with van der Waals surface area (Å²) in [5, 5.41) is 5.25. The molecule has 0 aliphatic rings. The van der Waals surface area contributed by atoms with Gasteiger partial charge in [0.1, 0.15) is 0 Å². The van der Waals surface area contributed by atoms with Crippen molar-refractivity contribution < 1.29 is 13.2 Å². The van der Waals surface area contributed by atoms with Crippen LogP contribution in [0.1, 0.15) is 24.2 Å². The normalized spacial score (nSPS) is 13.0. The van der Waals surface area contributed by atoms with Gasteiger partial charge in [-0.15, -0.1) is 11.3 Å². The van der Waals surface area contributed by atoms with Crippen LogP contribution in [0.25, 0.3) is 0 Å². The van der Waals surface area contributed by atoms with Crippen molar-refractivity contribution in [2.75, 3.05) is 25.2 Å². The second kappa shape index (κ2) is 7.42. The van der Waals surface area contributed by atoms with Crippen LogP contribution in [0.3, 0.4) is 0 Å². The van der Waals surface area contributed by atoms with Crippen LogP contribution in [0.2, 0.25) is 0 Å². The monoisotopic (exact) mass is 367 g/mol. The fraction of sp³-hybridized carbons (Fsp3) is 0.375. The Morgan fingerprint density at radius 3 is 2.46 bits per heavy atom. The Labute approximate surface area is 146 Å². The van der Waals surface area contributed by atoms with Crippen molar-refractivity contribution >= 4 is 32.2 Å². The number of hydrogen-bond acceptors (Lipinski definition) is 6. The predicted octanol–water partition coefficient (Wildman–Crippen LogP) is 2.49. The highest BCUT2D eigenvalue weighted by Gasteiger charge is 2.16. The lowest BCUT2D eigenvalue weighted by atomic mass is 10.1. The number of rotatable bonds is 6. The van der Waals surface area contributed by atoms with Crippen LogP contribution in [0.5, 0.6) is 0 Å². The molecule has 0 fully saturated rings. The Kier molecular flexibility index (Phi) is 5.74. The third-order valence-corrected chi connectivity index (χ3v) is 5.71. The highest BCUT2D eigenvalue weighted by molar-refractivity contribution is 7.90. The maximum Gasteiger partial charge on any atom is 0.240 e. The molecule has 2 aromatic rings. The molecule has 1 amide bonds. The molecule has 0 radical (unpaired) electrons. The summed E-state index contributed by atoms with van der Waals surface area (Å²) in [6.07, 6.45) is 1.18. The minimum atomic E-state index is -3.20. The summed E-state index contributed by atoms with van der Waals surface area (Å²) in [6, 6.07) is 6.71. The number of benzene rings is 1. The average molecular weight is 367 g/mol. The Balaban J connectivity index is 1.98. The van der Waals surface area contributed by atoms with E-state index in [0.29, 0.717) is 5.13 Å².